The van der Waals surface area contributed by atoms with E-state index in [0.29, 0.717) is 0 Å². The van der Waals surface area contributed by atoms with Gasteiger partial charge in [-0.2, -0.15) is 0 Å². The minimum Gasteiger partial charge on any atom is -0.364 e. The summed E-state index contributed by atoms with van der Waals surface area (Å²) in [4.78, 5) is 25.5. The fraction of sp³-hybridized carbons (Fsp3) is 0.455. The lowest BCUT2D eigenvalue weighted by molar-refractivity contribution is -0.384. The van der Waals surface area contributed by atoms with E-state index in [1.54, 1.807) is 0 Å². The number of hydrogen-bond donors (Lipinski definition) is 2. The number of nitro groups is 1. The van der Waals surface area contributed by atoms with E-state index in [0.717, 1.165) is 0 Å². The summed E-state index contributed by atoms with van der Waals surface area (Å²) in [6.45, 7) is 3.97. The Morgan fingerprint density at radius 1 is 1.58 bits per heavy atom. The summed E-state index contributed by atoms with van der Waals surface area (Å²) in [7, 11) is 0. The van der Waals surface area contributed by atoms with Gasteiger partial charge in [-0.05, 0) is 13.8 Å². The molecule has 0 radical (unpaired) electrons. The Bertz CT molecular complexity index is 479. The molecule has 0 fully saturated rings. The lowest BCUT2D eigenvalue weighted by atomic mass is 10.3. The molecule has 0 spiro atoms. The molecule has 0 aromatic carbocycles. The van der Waals surface area contributed by atoms with Crippen molar-refractivity contribution >= 4 is 29.0 Å². The second kappa shape index (κ2) is 6.89. The largest absolute Gasteiger partial charge is 0.364 e. The van der Waals surface area contributed by atoms with Crippen molar-refractivity contribution in [2.75, 3.05) is 11.9 Å². The lowest BCUT2D eigenvalue weighted by Gasteiger charge is -2.09. The molecule has 0 bridgehead atoms. The van der Waals surface area contributed by atoms with Gasteiger partial charge in [0.05, 0.1) is 9.95 Å². The van der Waals surface area contributed by atoms with E-state index in [9.17, 15) is 14.9 Å². The Kier molecular flexibility index (Phi) is 5.50. The molecule has 1 heterocycles. The Labute approximate surface area is 115 Å². The van der Waals surface area contributed by atoms with Crippen molar-refractivity contribution in [1.82, 2.24) is 10.3 Å². The van der Waals surface area contributed by atoms with Gasteiger partial charge in [-0.15, -0.1) is 0 Å². The molecule has 1 amide bonds. The fourth-order valence-corrected chi connectivity index (χ4v) is 1.54. The fourth-order valence-electron chi connectivity index (χ4n) is 1.39. The van der Waals surface area contributed by atoms with Gasteiger partial charge < -0.3 is 10.6 Å². The van der Waals surface area contributed by atoms with E-state index in [-0.39, 0.29) is 41.4 Å². The number of carbonyl (C=O) groups is 1. The van der Waals surface area contributed by atoms with Crippen LogP contribution in [0.3, 0.4) is 0 Å². The number of amides is 1. The molecule has 0 saturated heterocycles. The van der Waals surface area contributed by atoms with Crippen LogP contribution < -0.4 is 10.6 Å². The Morgan fingerprint density at radius 2 is 2.26 bits per heavy atom. The Balaban J connectivity index is 2.58. The van der Waals surface area contributed by atoms with Crippen molar-refractivity contribution in [1.29, 1.82) is 0 Å². The summed E-state index contributed by atoms with van der Waals surface area (Å²) in [5.74, 6) is -0.0223. The molecule has 104 valence electrons. The van der Waals surface area contributed by atoms with Crippen LogP contribution in [0.2, 0.25) is 5.02 Å². The van der Waals surface area contributed by atoms with Gasteiger partial charge in [0.1, 0.15) is 0 Å². The van der Waals surface area contributed by atoms with Crippen LogP contribution in [0, 0.1) is 10.1 Å². The molecule has 1 aromatic rings. The highest BCUT2D eigenvalue weighted by molar-refractivity contribution is 6.30. The standard InChI is InChI=1S/C11H15ClN4O3/c1-7(2)15-10(17)3-4-13-11-9(16(18)19)5-8(12)6-14-11/h5-7H,3-4H2,1-2H3,(H,13,14)(H,15,17). The van der Waals surface area contributed by atoms with E-state index in [1.807, 2.05) is 13.8 Å². The third-order valence-corrected chi connectivity index (χ3v) is 2.33. The predicted molar refractivity (Wildman–Crippen MR) is 72.3 cm³/mol. The number of halogens is 1. The van der Waals surface area contributed by atoms with E-state index < -0.39 is 4.92 Å². The average molecular weight is 287 g/mol. The summed E-state index contributed by atoms with van der Waals surface area (Å²) in [5.41, 5.74) is -0.211. The maximum Gasteiger partial charge on any atom is 0.312 e. The van der Waals surface area contributed by atoms with Gasteiger partial charge in [-0.25, -0.2) is 4.98 Å². The quantitative estimate of drug-likeness (QED) is 0.615. The molecule has 7 nitrogen and oxygen atoms in total. The number of aromatic nitrogens is 1. The first kappa shape index (κ1) is 15.2. The number of hydrogen-bond acceptors (Lipinski definition) is 5. The SMILES string of the molecule is CC(C)NC(=O)CCNc1ncc(Cl)cc1[N+](=O)[O-]. The maximum absolute atomic E-state index is 11.4. The van der Waals surface area contributed by atoms with Crippen LogP contribution in [-0.4, -0.2) is 28.4 Å². The zero-order valence-corrected chi connectivity index (χ0v) is 11.4. The summed E-state index contributed by atoms with van der Waals surface area (Å²) in [5, 5.41) is 16.5. The van der Waals surface area contributed by atoms with Crippen molar-refractivity contribution in [3.8, 4) is 0 Å². The average Bonchev–Trinajstić information content (AvgIpc) is 2.29. The van der Waals surface area contributed by atoms with E-state index in [4.69, 9.17) is 11.6 Å². The van der Waals surface area contributed by atoms with Gasteiger partial charge in [0.2, 0.25) is 11.7 Å². The maximum atomic E-state index is 11.4. The number of carbonyl (C=O) groups excluding carboxylic acids is 1. The molecule has 1 rings (SSSR count). The molecule has 19 heavy (non-hydrogen) atoms. The van der Waals surface area contributed by atoms with Gasteiger partial charge in [0.25, 0.3) is 0 Å². The minimum atomic E-state index is -0.574. The third kappa shape index (κ3) is 5.09. The Hall–Kier alpha value is -1.89. The molecule has 0 aliphatic carbocycles. The molecule has 0 aliphatic rings. The minimum absolute atomic E-state index is 0.0653. The number of pyridine rings is 1. The smallest absolute Gasteiger partial charge is 0.312 e. The molecule has 1 aromatic heterocycles. The van der Waals surface area contributed by atoms with Crippen LogP contribution in [0.25, 0.3) is 0 Å². The van der Waals surface area contributed by atoms with Crippen molar-refractivity contribution in [2.45, 2.75) is 26.3 Å². The highest BCUT2D eigenvalue weighted by Gasteiger charge is 2.15. The topological polar surface area (TPSA) is 97.2 Å². The number of anilines is 1. The molecule has 0 aliphatic heterocycles. The summed E-state index contributed by atoms with van der Waals surface area (Å²) >= 11 is 5.64. The molecule has 0 saturated carbocycles. The zero-order valence-electron chi connectivity index (χ0n) is 10.6. The van der Waals surface area contributed by atoms with Crippen LogP contribution in [0.15, 0.2) is 12.3 Å². The van der Waals surface area contributed by atoms with Gasteiger partial charge in [-0.3, -0.25) is 14.9 Å². The van der Waals surface area contributed by atoms with Crippen molar-refractivity contribution in [2.24, 2.45) is 0 Å². The Morgan fingerprint density at radius 3 is 2.84 bits per heavy atom. The third-order valence-electron chi connectivity index (χ3n) is 2.13. The highest BCUT2D eigenvalue weighted by Crippen LogP contribution is 2.24. The van der Waals surface area contributed by atoms with Crippen LogP contribution in [0.4, 0.5) is 11.5 Å². The molecule has 2 N–H and O–H groups in total. The molecular weight excluding hydrogens is 272 g/mol. The van der Waals surface area contributed by atoms with Crippen molar-refractivity contribution in [3.63, 3.8) is 0 Å². The lowest BCUT2D eigenvalue weighted by Crippen LogP contribution is -2.31. The molecule has 0 atom stereocenters. The molecule has 8 heteroatoms. The van der Waals surface area contributed by atoms with Crippen LogP contribution >= 0.6 is 11.6 Å². The predicted octanol–water partition coefficient (Wildman–Crippen LogP) is 1.97. The van der Waals surface area contributed by atoms with Gasteiger partial charge >= 0.3 is 5.69 Å². The second-order valence-electron chi connectivity index (χ2n) is 4.18. The van der Waals surface area contributed by atoms with Crippen molar-refractivity contribution < 1.29 is 9.72 Å². The summed E-state index contributed by atoms with van der Waals surface area (Å²) < 4.78 is 0. The number of nitrogens with one attached hydrogen (secondary N) is 2. The van der Waals surface area contributed by atoms with Gasteiger partial charge in [0, 0.05) is 31.3 Å². The first-order chi connectivity index (χ1) is 8.90. The van der Waals surface area contributed by atoms with Crippen LogP contribution in [0.5, 0.6) is 0 Å². The second-order valence-corrected chi connectivity index (χ2v) is 4.61. The van der Waals surface area contributed by atoms with E-state index in [2.05, 4.69) is 15.6 Å². The number of nitrogens with zero attached hydrogens (tertiary/aromatic N) is 2. The molecular formula is C11H15ClN4O3. The summed E-state index contributed by atoms with van der Waals surface area (Å²) in [6.07, 6.45) is 1.52. The first-order valence-electron chi connectivity index (χ1n) is 5.73. The monoisotopic (exact) mass is 286 g/mol. The molecule has 0 unspecified atom stereocenters. The van der Waals surface area contributed by atoms with Gasteiger partial charge in [0.15, 0.2) is 0 Å². The van der Waals surface area contributed by atoms with Crippen LogP contribution in [0.1, 0.15) is 20.3 Å². The highest BCUT2D eigenvalue weighted by atomic mass is 35.5. The zero-order chi connectivity index (χ0) is 14.4. The van der Waals surface area contributed by atoms with E-state index >= 15 is 0 Å². The van der Waals surface area contributed by atoms with Crippen molar-refractivity contribution in [3.05, 3.63) is 27.4 Å². The summed E-state index contributed by atoms with van der Waals surface area (Å²) in [6, 6.07) is 1.28. The number of rotatable bonds is 6. The van der Waals surface area contributed by atoms with Crippen LogP contribution in [-0.2, 0) is 4.79 Å². The first-order valence-corrected chi connectivity index (χ1v) is 6.11. The van der Waals surface area contributed by atoms with E-state index in [1.165, 1.54) is 12.3 Å². The van der Waals surface area contributed by atoms with Gasteiger partial charge in [-0.1, -0.05) is 11.6 Å². The normalized spacial score (nSPS) is 10.3.